The average Bonchev–Trinajstić information content (AvgIpc) is 2.82. The SMILES string of the molecule is NC(=O)CCCCNC(=O)NCc1cn(CC(=O)O)nn1. The normalized spacial score (nSPS) is 10.1. The molecule has 0 saturated carbocycles. The lowest BCUT2D eigenvalue weighted by Gasteiger charge is -2.05. The van der Waals surface area contributed by atoms with E-state index in [0.29, 0.717) is 31.5 Å². The van der Waals surface area contributed by atoms with E-state index in [4.69, 9.17) is 10.8 Å². The fourth-order valence-electron chi connectivity index (χ4n) is 1.49. The molecule has 0 atom stereocenters. The molecule has 0 saturated heterocycles. The Labute approximate surface area is 120 Å². The summed E-state index contributed by atoms with van der Waals surface area (Å²) in [4.78, 5) is 32.4. The quantitative estimate of drug-likeness (QED) is 0.421. The summed E-state index contributed by atoms with van der Waals surface area (Å²) >= 11 is 0. The highest BCUT2D eigenvalue weighted by molar-refractivity contribution is 5.74. The van der Waals surface area contributed by atoms with Gasteiger partial charge in [0.2, 0.25) is 5.91 Å². The second-order valence-electron chi connectivity index (χ2n) is 4.33. The molecule has 0 aliphatic rings. The lowest BCUT2D eigenvalue weighted by molar-refractivity contribution is -0.137. The maximum Gasteiger partial charge on any atom is 0.325 e. The molecule has 0 aliphatic carbocycles. The van der Waals surface area contributed by atoms with Gasteiger partial charge < -0.3 is 21.5 Å². The van der Waals surface area contributed by atoms with Crippen LogP contribution < -0.4 is 16.4 Å². The van der Waals surface area contributed by atoms with Crippen LogP contribution >= 0.6 is 0 Å². The molecule has 0 spiro atoms. The van der Waals surface area contributed by atoms with Crippen LogP contribution in [0.1, 0.15) is 25.0 Å². The van der Waals surface area contributed by atoms with E-state index in [0.717, 1.165) is 0 Å². The summed E-state index contributed by atoms with van der Waals surface area (Å²) in [7, 11) is 0. The molecule has 1 aromatic heterocycles. The van der Waals surface area contributed by atoms with Crippen LogP contribution in [0.5, 0.6) is 0 Å². The minimum Gasteiger partial charge on any atom is -0.480 e. The second kappa shape index (κ2) is 8.51. The van der Waals surface area contributed by atoms with E-state index in [2.05, 4.69) is 20.9 Å². The molecule has 1 rings (SSSR count). The van der Waals surface area contributed by atoms with Gasteiger partial charge in [0, 0.05) is 13.0 Å². The van der Waals surface area contributed by atoms with Crippen molar-refractivity contribution in [2.45, 2.75) is 32.4 Å². The summed E-state index contributed by atoms with van der Waals surface area (Å²) in [6.07, 6.45) is 3.03. The number of carbonyl (C=O) groups is 3. The predicted molar refractivity (Wildman–Crippen MR) is 70.9 cm³/mol. The molecule has 10 nitrogen and oxygen atoms in total. The Morgan fingerprint density at radius 1 is 1.29 bits per heavy atom. The second-order valence-corrected chi connectivity index (χ2v) is 4.33. The molecule has 0 aromatic carbocycles. The van der Waals surface area contributed by atoms with E-state index in [1.165, 1.54) is 10.9 Å². The van der Waals surface area contributed by atoms with Gasteiger partial charge in [-0.1, -0.05) is 5.21 Å². The molecule has 116 valence electrons. The van der Waals surface area contributed by atoms with E-state index in [1.807, 2.05) is 0 Å². The highest BCUT2D eigenvalue weighted by atomic mass is 16.4. The highest BCUT2D eigenvalue weighted by Gasteiger charge is 2.06. The van der Waals surface area contributed by atoms with Gasteiger partial charge in [0.05, 0.1) is 12.7 Å². The molecule has 0 aliphatic heterocycles. The monoisotopic (exact) mass is 298 g/mol. The van der Waals surface area contributed by atoms with Gasteiger partial charge in [-0.25, -0.2) is 9.48 Å². The number of aromatic nitrogens is 3. The third-order valence-corrected chi connectivity index (χ3v) is 2.45. The van der Waals surface area contributed by atoms with E-state index >= 15 is 0 Å². The highest BCUT2D eigenvalue weighted by Crippen LogP contribution is 1.94. The van der Waals surface area contributed by atoms with Gasteiger partial charge in [-0.05, 0) is 12.8 Å². The van der Waals surface area contributed by atoms with Crippen LogP contribution in [0.25, 0.3) is 0 Å². The number of hydrogen-bond acceptors (Lipinski definition) is 5. The van der Waals surface area contributed by atoms with E-state index in [1.54, 1.807) is 0 Å². The first-order chi connectivity index (χ1) is 9.97. The molecule has 10 heteroatoms. The standard InChI is InChI=1S/C11H18N6O4/c12-9(18)3-1-2-4-13-11(21)14-5-8-6-17(16-15-8)7-10(19)20/h6H,1-5,7H2,(H2,12,18)(H,19,20)(H2,13,14,21). The lowest BCUT2D eigenvalue weighted by atomic mass is 10.2. The topological polar surface area (TPSA) is 152 Å². The number of primary amides is 1. The maximum atomic E-state index is 11.4. The van der Waals surface area contributed by atoms with Crippen LogP contribution in [-0.4, -0.2) is 44.6 Å². The number of carboxylic acid groups (broad SMARTS) is 1. The molecule has 0 radical (unpaired) electrons. The first-order valence-electron chi connectivity index (χ1n) is 6.38. The average molecular weight is 298 g/mol. The van der Waals surface area contributed by atoms with E-state index in [-0.39, 0.29) is 25.0 Å². The summed E-state index contributed by atoms with van der Waals surface area (Å²) in [5, 5.41) is 21.1. The van der Waals surface area contributed by atoms with Crippen molar-refractivity contribution in [2.24, 2.45) is 5.73 Å². The van der Waals surface area contributed by atoms with Crippen molar-refractivity contribution in [3.8, 4) is 0 Å². The zero-order valence-corrected chi connectivity index (χ0v) is 11.4. The number of hydrogen-bond donors (Lipinski definition) is 4. The Kier molecular flexibility index (Phi) is 6.65. The minimum absolute atomic E-state index is 0.146. The first kappa shape index (κ1) is 16.4. The summed E-state index contributed by atoms with van der Waals surface area (Å²) in [6.45, 7) is 0.302. The van der Waals surface area contributed by atoms with Crippen molar-refractivity contribution in [1.82, 2.24) is 25.6 Å². The third-order valence-electron chi connectivity index (χ3n) is 2.45. The van der Waals surface area contributed by atoms with Gasteiger partial charge in [0.15, 0.2) is 0 Å². The summed E-state index contributed by atoms with van der Waals surface area (Å²) in [6, 6.07) is -0.373. The van der Waals surface area contributed by atoms with Crippen LogP contribution in [0.15, 0.2) is 6.20 Å². The number of rotatable bonds is 9. The molecular weight excluding hydrogens is 280 g/mol. The number of unbranched alkanes of at least 4 members (excludes halogenated alkanes) is 1. The summed E-state index contributed by atoms with van der Waals surface area (Å²) in [5.74, 6) is -1.38. The number of carbonyl (C=O) groups excluding carboxylic acids is 2. The smallest absolute Gasteiger partial charge is 0.325 e. The Balaban J connectivity index is 2.16. The van der Waals surface area contributed by atoms with Crippen LogP contribution in [0, 0.1) is 0 Å². The Morgan fingerprint density at radius 2 is 2.05 bits per heavy atom. The zero-order valence-electron chi connectivity index (χ0n) is 11.4. The van der Waals surface area contributed by atoms with Gasteiger partial charge in [-0.2, -0.15) is 0 Å². The van der Waals surface area contributed by atoms with Gasteiger partial charge in [-0.15, -0.1) is 5.10 Å². The Morgan fingerprint density at radius 3 is 2.71 bits per heavy atom. The van der Waals surface area contributed by atoms with Crippen LogP contribution in [0.3, 0.4) is 0 Å². The molecule has 0 bridgehead atoms. The number of nitrogens with one attached hydrogen (secondary N) is 2. The van der Waals surface area contributed by atoms with Crippen molar-refractivity contribution < 1.29 is 19.5 Å². The summed E-state index contributed by atoms with van der Waals surface area (Å²) in [5.41, 5.74) is 5.45. The number of urea groups is 1. The molecular formula is C11H18N6O4. The number of nitrogens with two attached hydrogens (primary N) is 1. The van der Waals surface area contributed by atoms with Crippen molar-refractivity contribution >= 4 is 17.9 Å². The third kappa shape index (κ3) is 7.50. The molecule has 0 fully saturated rings. The number of aliphatic carboxylic acids is 1. The van der Waals surface area contributed by atoms with Crippen molar-refractivity contribution in [3.63, 3.8) is 0 Å². The number of nitrogens with zero attached hydrogens (tertiary/aromatic N) is 3. The number of amides is 3. The molecule has 5 N–H and O–H groups in total. The first-order valence-corrected chi connectivity index (χ1v) is 6.38. The van der Waals surface area contributed by atoms with Gasteiger partial charge in [-0.3, -0.25) is 9.59 Å². The fraction of sp³-hybridized carbons (Fsp3) is 0.545. The predicted octanol–water partition coefficient (Wildman–Crippen LogP) is -1.18. The largest absolute Gasteiger partial charge is 0.480 e. The fourth-order valence-corrected chi connectivity index (χ4v) is 1.49. The van der Waals surface area contributed by atoms with Crippen LogP contribution in [0.2, 0.25) is 0 Å². The summed E-state index contributed by atoms with van der Waals surface area (Å²) < 4.78 is 1.17. The number of carboxylic acids is 1. The van der Waals surface area contributed by atoms with E-state index in [9.17, 15) is 14.4 Å². The lowest BCUT2D eigenvalue weighted by Crippen LogP contribution is -2.35. The molecule has 3 amide bonds. The minimum atomic E-state index is -1.02. The van der Waals surface area contributed by atoms with Gasteiger partial charge >= 0.3 is 12.0 Å². The molecule has 21 heavy (non-hydrogen) atoms. The van der Waals surface area contributed by atoms with Gasteiger partial charge in [0.25, 0.3) is 0 Å². The van der Waals surface area contributed by atoms with Crippen molar-refractivity contribution in [3.05, 3.63) is 11.9 Å². The molecule has 1 heterocycles. The molecule has 0 unspecified atom stereocenters. The molecule has 1 aromatic rings. The zero-order chi connectivity index (χ0) is 15.7. The van der Waals surface area contributed by atoms with E-state index < -0.39 is 5.97 Å². The Bertz CT molecular complexity index is 501. The van der Waals surface area contributed by atoms with Crippen molar-refractivity contribution in [2.75, 3.05) is 6.54 Å². The van der Waals surface area contributed by atoms with Crippen molar-refractivity contribution in [1.29, 1.82) is 0 Å². The maximum absolute atomic E-state index is 11.4. The van der Waals surface area contributed by atoms with Gasteiger partial charge in [0.1, 0.15) is 12.2 Å². The Hall–Kier alpha value is -2.65. The van der Waals surface area contributed by atoms with Crippen LogP contribution in [-0.2, 0) is 22.7 Å². The van der Waals surface area contributed by atoms with Crippen LogP contribution in [0.4, 0.5) is 4.79 Å².